The van der Waals surface area contributed by atoms with Gasteiger partial charge in [0.05, 0.1) is 0 Å². The maximum atomic E-state index is 6.17. The van der Waals surface area contributed by atoms with Gasteiger partial charge >= 0.3 is 0 Å². The zero-order chi connectivity index (χ0) is 12.5. The Morgan fingerprint density at radius 2 is 1.28 bits per heavy atom. The lowest BCUT2D eigenvalue weighted by atomic mass is 9.73. The van der Waals surface area contributed by atoms with Crippen LogP contribution in [0.25, 0.3) is 0 Å². The van der Waals surface area contributed by atoms with Gasteiger partial charge in [0, 0.05) is 12.1 Å². The smallest absolute Gasteiger partial charge is 0.0331 e. The van der Waals surface area contributed by atoms with Crippen LogP contribution in [0.15, 0.2) is 0 Å². The van der Waals surface area contributed by atoms with Gasteiger partial charge in [-0.2, -0.15) is 0 Å². The molecule has 0 aromatic heterocycles. The molecule has 18 heavy (non-hydrogen) atoms. The topological polar surface area (TPSA) is 29.3 Å². The van der Waals surface area contributed by atoms with Crippen molar-refractivity contribution >= 4 is 0 Å². The molecule has 2 saturated carbocycles. The summed E-state index contributed by atoms with van der Waals surface area (Å²) in [5.74, 6) is 0. The van der Waals surface area contributed by atoms with Gasteiger partial charge < -0.3 is 5.73 Å². The number of hydrogen-bond donors (Lipinski definition) is 1. The van der Waals surface area contributed by atoms with Crippen molar-refractivity contribution in [2.75, 3.05) is 19.6 Å². The van der Waals surface area contributed by atoms with Crippen molar-refractivity contribution in [1.29, 1.82) is 0 Å². The van der Waals surface area contributed by atoms with Crippen LogP contribution in [0.2, 0.25) is 0 Å². The first kappa shape index (κ1) is 12.9. The summed E-state index contributed by atoms with van der Waals surface area (Å²) in [6, 6.07) is 0. The number of piperidine rings is 1. The quantitative estimate of drug-likeness (QED) is 0.815. The second-order valence-corrected chi connectivity index (χ2v) is 7.18. The first-order valence-electron chi connectivity index (χ1n) is 8.24. The zero-order valence-electron chi connectivity index (χ0n) is 11.9. The molecule has 1 spiro atoms. The highest BCUT2D eigenvalue weighted by atomic mass is 15.2. The molecule has 0 radical (unpaired) electrons. The Morgan fingerprint density at radius 3 is 1.83 bits per heavy atom. The van der Waals surface area contributed by atoms with E-state index < -0.39 is 0 Å². The summed E-state index contributed by atoms with van der Waals surface area (Å²) in [6.45, 7) is 3.55. The maximum Gasteiger partial charge on any atom is 0.0331 e. The summed E-state index contributed by atoms with van der Waals surface area (Å²) in [6.07, 6.45) is 15.9. The highest BCUT2D eigenvalue weighted by Crippen LogP contribution is 2.48. The van der Waals surface area contributed by atoms with Gasteiger partial charge in [-0.25, -0.2) is 0 Å². The van der Waals surface area contributed by atoms with Gasteiger partial charge in [0.25, 0.3) is 0 Å². The van der Waals surface area contributed by atoms with Gasteiger partial charge in [0.2, 0.25) is 0 Å². The van der Waals surface area contributed by atoms with Gasteiger partial charge in [-0.1, -0.05) is 32.1 Å². The maximum absolute atomic E-state index is 6.17. The molecule has 0 amide bonds. The van der Waals surface area contributed by atoms with E-state index in [1.165, 1.54) is 83.7 Å². The molecule has 0 aromatic rings. The molecule has 0 bridgehead atoms. The van der Waals surface area contributed by atoms with E-state index in [0.29, 0.717) is 5.54 Å². The normalized spacial score (nSPS) is 31.8. The Labute approximate surface area is 112 Å². The second kappa shape index (κ2) is 5.13. The first-order chi connectivity index (χ1) is 8.79. The van der Waals surface area contributed by atoms with Crippen LogP contribution in [0.3, 0.4) is 0 Å². The number of hydrogen-bond acceptors (Lipinski definition) is 2. The van der Waals surface area contributed by atoms with Crippen molar-refractivity contribution in [3.63, 3.8) is 0 Å². The summed E-state index contributed by atoms with van der Waals surface area (Å²) >= 11 is 0. The molecular weight excluding hydrogens is 220 g/mol. The van der Waals surface area contributed by atoms with E-state index in [1.807, 2.05) is 0 Å². The second-order valence-electron chi connectivity index (χ2n) is 7.18. The van der Waals surface area contributed by atoms with Gasteiger partial charge in [0.15, 0.2) is 0 Å². The Morgan fingerprint density at radius 1 is 0.722 bits per heavy atom. The third-order valence-corrected chi connectivity index (χ3v) is 6.32. The van der Waals surface area contributed by atoms with Crippen molar-refractivity contribution < 1.29 is 0 Å². The first-order valence-corrected chi connectivity index (χ1v) is 8.24. The minimum Gasteiger partial charge on any atom is -0.329 e. The van der Waals surface area contributed by atoms with E-state index in [2.05, 4.69) is 4.90 Å². The summed E-state index contributed by atoms with van der Waals surface area (Å²) < 4.78 is 0. The summed E-state index contributed by atoms with van der Waals surface area (Å²) in [5.41, 5.74) is 7.31. The molecule has 0 aromatic carbocycles. The predicted molar refractivity (Wildman–Crippen MR) is 76.6 cm³/mol. The van der Waals surface area contributed by atoms with Crippen LogP contribution >= 0.6 is 0 Å². The molecule has 0 atom stereocenters. The molecule has 2 heteroatoms. The van der Waals surface area contributed by atoms with Crippen molar-refractivity contribution in [3.05, 3.63) is 0 Å². The average Bonchev–Trinajstić information content (AvgIpc) is 2.89. The van der Waals surface area contributed by atoms with Crippen LogP contribution < -0.4 is 5.73 Å². The summed E-state index contributed by atoms with van der Waals surface area (Å²) in [5, 5.41) is 0. The van der Waals surface area contributed by atoms with E-state index >= 15 is 0 Å². The van der Waals surface area contributed by atoms with E-state index in [4.69, 9.17) is 5.73 Å². The van der Waals surface area contributed by atoms with Crippen molar-refractivity contribution in [2.45, 2.75) is 76.2 Å². The molecular formula is C16H30N2. The van der Waals surface area contributed by atoms with Gasteiger partial charge in [-0.05, 0) is 57.0 Å². The lowest BCUT2D eigenvalue weighted by Gasteiger charge is -2.51. The molecule has 2 aliphatic carbocycles. The number of likely N-dealkylation sites (tertiary alicyclic amines) is 1. The lowest BCUT2D eigenvalue weighted by Crippen LogP contribution is -2.58. The number of nitrogens with zero attached hydrogens (tertiary/aromatic N) is 1. The van der Waals surface area contributed by atoms with Crippen LogP contribution in [0, 0.1) is 5.41 Å². The molecule has 3 fully saturated rings. The predicted octanol–water partition coefficient (Wildman–Crippen LogP) is 3.30. The third-order valence-electron chi connectivity index (χ3n) is 6.32. The Balaban J connectivity index is 1.63. The fraction of sp³-hybridized carbons (Fsp3) is 1.00. The fourth-order valence-electron chi connectivity index (χ4n) is 4.94. The molecule has 0 unspecified atom stereocenters. The molecule has 3 rings (SSSR count). The standard InChI is InChI=1S/C16H30N2/c17-14-16(8-2-1-3-9-16)18-12-10-15(11-13-18)6-4-5-7-15/h1-14,17H2. The van der Waals surface area contributed by atoms with Crippen molar-refractivity contribution in [3.8, 4) is 0 Å². The molecule has 3 aliphatic rings. The SMILES string of the molecule is NCC1(N2CCC3(CCCC3)CC2)CCCCC1. The monoisotopic (exact) mass is 250 g/mol. The molecule has 1 heterocycles. The zero-order valence-corrected chi connectivity index (χ0v) is 11.9. The Bertz CT molecular complexity index is 265. The third kappa shape index (κ3) is 2.22. The van der Waals surface area contributed by atoms with Gasteiger partial charge in [-0.3, -0.25) is 4.90 Å². The number of rotatable bonds is 2. The largest absolute Gasteiger partial charge is 0.329 e. The summed E-state index contributed by atoms with van der Waals surface area (Å²) in [4.78, 5) is 2.79. The lowest BCUT2D eigenvalue weighted by molar-refractivity contribution is 0.00115. The van der Waals surface area contributed by atoms with Crippen molar-refractivity contribution in [2.24, 2.45) is 11.1 Å². The van der Waals surface area contributed by atoms with Gasteiger partial charge in [0.1, 0.15) is 0 Å². The van der Waals surface area contributed by atoms with Gasteiger partial charge in [-0.15, -0.1) is 0 Å². The molecule has 2 nitrogen and oxygen atoms in total. The van der Waals surface area contributed by atoms with Crippen LogP contribution in [-0.4, -0.2) is 30.1 Å². The van der Waals surface area contributed by atoms with E-state index in [0.717, 1.165) is 12.0 Å². The summed E-state index contributed by atoms with van der Waals surface area (Å²) in [7, 11) is 0. The van der Waals surface area contributed by atoms with Crippen LogP contribution in [0.1, 0.15) is 70.6 Å². The van der Waals surface area contributed by atoms with Crippen LogP contribution in [-0.2, 0) is 0 Å². The average molecular weight is 250 g/mol. The highest BCUT2D eigenvalue weighted by Gasteiger charge is 2.43. The molecule has 1 saturated heterocycles. The fourth-order valence-corrected chi connectivity index (χ4v) is 4.94. The van der Waals surface area contributed by atoms with Crippen LogP contribution in [0.5, 0.6) is 0 Å². The van der Waals surface area contributed by atoms with Crippen molar-refractivity contribution in [1.82, 2.24) is 4.90 Å². The number of nitrogens with two attached hydrogens (primary N) is 1. The highest BCUT2D eigenvalue weighted by molar-refractivity contribution is 4.99. The van der Waals surface area contributed by atoms with E-state index in [1.54, 1.807) is 0 Å². The van der Waals surface area contributed by atoms with Crippen LogP contribution in [0.4, 0.5) is 0 Å². The Kier molecular flexibility index (Phi) is 3.68. The van der Waals surface area contributed by atoms with E-state index in [9.17, 15) is 0 Å². The molecule has 2 N–H and O–H groups in total. The molecule has 104 valence electrons. The minimum absolute atomic E-state index is 0.387. The minimum atomic E-state index is 0.387. The Hall–Kier alpha value is -0.0800. The molecule has 1 aliphatic heterocycles. The van der Waals surface area contributed by atoms with E-state index in [-0.39, 0.29) is 0 Å².